The molecule has 0 aliphatic heterocycles. The van der Waals surface area contributed by atoms with Crippen LogP contribution in [0.15, 0.2) is 0 Å². The van der Waals surface area contributed by atoms with E-state index in [2.05, 4.69) is 76.2 Å². The first kappa shape index (κ1) is 21.7. The predicted molar refractivity (Wildman–Crippen MR) is 120 cm³/mol. The van der Waals surface area contributed by atoms with Gasteiger partial charge >= 0.3 is 0 Å². The van der Waals surface area contributed by atoms with Crippen LogP contribution in [0.3, 0.4) is 0 Å². The second-order valence-electron chi connectivity index (χ2n) is 12.6. The first-order chi connectivity index (χ1) is 12.4. The van der Waals surface area contributed by atoms with Gasteiger partial charge in [0.1, 0.15) is 0 Å². The van der Waals surface area contributed by atoms with E-state index < -0.39 is 0 Å². The molecule has 3 fully saturated rings. The van der Waals surface area contributed by atoms with E-state index in [4.69, 9.17) is 0 Å². The predicted octanol–water partition coefficient (Wildman–Crippen LogP) is 8.60. The number of rotatable bonds is 6. The van der Waals surface area contributed by atoms with Gasteiger partial charge in [0.05, 0.1) is 0 Å². The van der Waals surface area contributed by atoms with Gasteiger partial charge in [-0.2, -0.15) is 0 Å². The Kier molecular flexibility index (Phi) is 5.02. The van der Waals surface area contributed by atoms with Crippen molar-refractivity contribution in [2.75, 3.05) is 0 Å². The molecule has 3 saturated carbocycles. The molecule has 3 rings (SSSR count). The summed E-state index contributed by atoms with van der Waals surface area (Å²) in [5.41, 5.74) is 2.24. The molecule has 0 amide bonds. The maximum absolute atomic E-state index is 2.77. The van der Waals surface area contributed by atoms with E-state index in [1.165, 1.54) is 38.5 Å². The van der Waals surface area contributed by atoms with Gasteiger partial charge in [-0.15, -0.1) is 0 Å². The highest BCUT2D eigenvalue weighted by Crippen LogP contribution is 2.90. The van der Waals surface area contributed by atoms with Crippen molar-refractivity contribution in [2.45, 2.75) is 115 Å². The fourth-order valence-electron chi connectivity index (χ4n) is 10.6. The Labute approximate surface area is 171 Å². The molecule has 27 heavy (non-hydrogen) atoms. The van der Waals surface area contributed by atoms with Crippen LogP contribution in [-0.4, -0.2) is 0 Å². The van der Waals surface area contributed by atoms with E-state index in [0.717, 1.165) is 29.6 Å². The van der Waals surface area contributed by atoms with Crippen LogP contribution in [-0.2, 0) is 0 Å². The van der Waals surface area contributed by atoms with Crippen molar-refractivity contribution < 1.29 is 0 Å². The summed E-state index contributed by atoms with van der Waals surface area (Å²) in [4.78, 5) is 0. The highest BCUT2D eigenvalue weighted by Gasteiger charge is 2.85. The molecule has 2 bridgehead atoms. The summed E-state index contributed by atoms with van der Waals surface area (Å²) in [6, 6.07) is 0. The lowest BCUT2D eigenvalue weighted by Gasteiger charge is -2.65. The quantitative estimate of drug-likeness (QED) is 0.436. The standard InChI is InChI=1S/C27H50/c1-12-15-19-18(4)21-22-20(16-13-2)26(10,27(21,11)23(19,5)6)24(7,8)25(22,9)17-14-3/h18-22H,12-17H2,1-11H3. The topological polar surface area (TPSA) is 0 Å². The molecule has 8 atom stereocenters. The van der Waals surface area contributed by atoms with Crippen LogP contribution in [0.25, 0.3) is 0 Å². The van der Waals surface area contributed by atoms with Gasteiger partial charge in [0.25, 0.3) is 0 Å². The van der Waals surface area contributed by atoms with Crippen LogP contribution < -0.4 is 0 Å². The molecule has 0 heteroatoms. The Hall–Kier alpha value is 0. The second kappa shape index (κ2) is 6.25. The second-order valence-corrected chi connectivity index (χ2v) is 12.6. The number of fused-ring (bicyclic) bond motifs is 5. The minimum absolute atomic E-state index is 0.407. The highest BCUT2D eigenvalue weighted by molar-refractivity contribution is 5.32. The smallest absolute Gasteiger partial charge is 0.0176 e. The lowest BCUT2D eigenvalue weighted by molar-refractivity contribution is -0.177. The van der Waals surface area contributed by atoms with E-state index in [1.54, 1.807) is 0 Å². The van der Waals surface area contributed by atoms with Crippen LogP contribution in [0, 0.1) is 56.7 Å². The summed E-state index contributed by atoms with van der Waals surface area (Å²) >= 11 is 0. The minimum atomic E-state index is 0.407. The molecule has 8 unspecified atom stereocenters. The van der Waals surface area contributed by atoms with E-state index in [0.29, 0.717) is 27.1 Å². The van der Waals surface area contributed by atoms with Gasteiger partial charge in [0, 0.05) is 0 Å². The molecule has 0 N–H and O–H groups in total. The van der Waals surface area contributed by atoms with Crippen LogP contribution >= 0.6 is 0 Å². The van der Waals surface area contributed by atoms with Crippen LogP contribution in [0.4, 0.5) is 0 Å². The van der Waals surface area contributed by atoms with Gasteiger partial charge in [-0.25, -0.2) is 0 Å². The Bertz CT molecular complexity index is 571. The Morgan fingerprint density at radius 3 is 1.63 bits per heavy atom. The van der Waals surface area contributed by atoms with Crippen LogP contribution in [0.5, 0.6) is 0 Å². The zero-order valence-corrected chi connectivity index (χ0v) is 20.6. The molecule has 0 aromatic heterocycles. The highest BCUT2D eigenvalue weighted by atomic mass is 14.9. The van der Waals surface area contributed by atoms with Gasteiger partial charge in [-0.05, 0) is 75.9 Å². The summed E-state index contributed by atoms with van der Waals surface area (Å²) in [7, 11) is 0. The third-order valence-electron chi connectivity index (χ3n) is 12.2. The molecule has 3 aliphatic rings. The first-order valence-electron chi connectivity index (χ1n) is 12.4. The van der Waals surface area contributed by atoms with E-state index >= 15 is 0 Å². The Morgan fingerprint density at radius 2 is 1.15 bits per heavy atom. The average Bonchev–Trinajstić information content (AvgIpc) is 2.93. The fraction of sp³-hybridized carbons (Fsp3) is 1.00. The molecule has 0 radical (unpaired) electrons. The maximum Gasteiger partial charge on any atom is -0.0176 e. The van der Waals surface area contributed by atoms with Crippen molar-refractivity contribution in [3.63, 3.8) is 0 Å². The van der Waals surface area contributed by atoms with Gasteiger partial charge in [0.15, 0.2) is 0 Å². The molecule has 3 aliphatic carbocycles. The van der Waals surface area contributed by atoms with Gasteiger partial charge in [-0.1, -0.05) is 95.4 Å². The van der Waals surface area contributed by atoms with Crippen LogP contribution in [0.1, 0.15) is 115 Å². The maximum atomic E-state index is 2.77. The van der Waals surface area contributed by atoms with Crippen LogP contribution in [0.2, 0.25) is 0 Å². The summed E-state index contributed by atoms with van der Waals surface area (Å²) in [5.74, 6) is 4.51. The molecule has 0 spiro atoms. The Balaban J connectivity index is 2.27. The zero-order chi connectivity index (χ0) is 20.6. The van der Waals surface area contributed by atoms with E-state index in [9.17, 15) is 0 Å². The molecule has 0 aromatic carbocycles. The lowest BCUT2D eigenvalue weighted by atomic mass is 9.39. The van der Waals surface area contributed by atoms with E-state index in [-0.39, 0.29) is 0 Å². The summed E-state index contributed by atoms with van der Waals surface area (Å²) in [6.45, 7) is 28.9. The fourth-order valence-corrected chi connectivity index (χ4v) is 10.6. The van der Waals surface area contributed by atoms with Crippen molar-refractivity contribution in [2.24, 2.45) is 56.7 Å². The van der Waals surface area contributed by atoms with Crippen molar-refractivity contribution >= 4 is 0 Å². The molecular weight excluding hydrogens is 324 g/mol. The minimum Gasteiger partial charge on any atom is -0.0654 e. The molecule has 0 aromatic rings. The van der Waals surface area contributed by atoms with Crippen molar-refractivity contribution in [1.29, 1.82) is 0 Å². The van der Waals surface area contributed by atoms with Gasteiger partial charge < -0.3 is 0 Å². The van der Waals surface area contributed by atoms with Gasteiger partial charge in [-0.3, -0.25) is 0 Å². The molecule has 158 valence electrons. The van der Waals surface area contributed by atoms with Crippen molar-refractivity contribution in [1.82, 2.24) is 0 Å². The van der Waals surface area contributed by atoms with E-state index in [1.807, 2.05) is 0 Å². The molecule has 0 heterocycles. The summed E-state index contributed by atoms with van der Waals surface area (Å²) in [6.07, 6.45) is 8.31. The number of hydrogen-bond acceptors (Lipinski definition) is 0. The lowest BCUT2D eigenvalue weighted by Crippen LogP contribution is -2.60. The molecule has 0 saturated heterocycles. The van der Waals surface area contributed by atoms with Crippen molar-refractivity contribution in [3.8, 4) is 0 Å². The SMILES string of the molecule is CCCC1C(C)C2C3C(CCC)C(C)(C(C)(C)C3(C)CCC)C2(C)C1(C)C. The largest absolute Gasteiger partial charge is 0.0654 e. The van der Waals surface area contributed by atoms with Crippen molar-refractivity contribution in [3.05, 3.63) is 0 Å². The number of hydrogen-bond donors (Lipinski definition) is 0. The normalized spacial score (nSPS) is 52.3. The van der Waals surface area contributed by atoms with Gasteiger partial charge in [0.2, 0.25) is 0 Å². The average molecular weight is 375 g/mol. The summed E-state index contributed by atoms with van der Waals surface area (Å²) < 4.78 is 0. The zero-order valence-electron chi connectivity index (χ0n) is 20.6. The first-order valence-corrected chi connectivity index (χ1v) is 12.4. The monoisotopic (exact) mass is 374 g/mol. The molecular formula is C27H50. The molecule has 0 nitrogen and oxygen atoms in total. The third-order valence-corrected chi connectivity index (χ3v) is 12.2. The Morgan fingerprint density at radius 1 is 0.630 bits per heavy atom. The third kappa shape index (κ3) is 2.02. The summed E-state index contributed by atoms with van der Waals surface area (Å²) in [5, 5.41) is 0.